The van der Waals surface area contributed by atoms with Crippen molar-refractivity contribution in [1.29, 1.82) is 0 Å². The van der Waals surface area contributed by atoms with E-state index in [9.17, 15) is 14.8 Å². The Morgan fingerprint density at radius 1 is 1.25 bits per heavy atom. The Morgan fingerprint density at radius 3 is 2.68 bits per heavy atom. The Labute approximate surface area is 162 Å². The molecule has 0 aromatic heterocycles. The van der Waals surface area contributed by atoms with Crippen molar-refractivity contribution >= 4 is 17.6 Å². The van der Waals surface area contributed by atoms with E-state index < -0.39 is 23.5 Å². The fourth-order valence-corrected chi connectivity index (χ4v) is 3.71. The van der Waals surface area contributed by atoms with Crippen LogP contribution in [-0.2, 0) is 20.7 Å². The van der Waals surface area contributed by atoms with Gasteiger partial charge >= 0.3 is 5.97 Å². The van der Waals surface area contributed by atoms with Gasteiger partial charge in [-0.1, -0.05) is 47.6 Å². The predicted molar refractivity (Wildman–Crippen MR) is 100 cm³/mol. The molecule has 144 valence electrons. The number of oxime groups is 1. The topological polar surface area (TPSA) is 97.2 Å². The van der Waals surface area contributed by atoms with Gasteiger partial charge in [0.05, 0.1) is 18.7 Å². The maximum Gasteiger partial charge on any atom is 0.328 e. The van der Waals surface area contributed by atoms with E-state index in [1.165, 1.54) is 7.11 Å². The van der Waals surface area contributed by atoms with Gasteiger partial charge in [0.25, 0.3) is 5.91 Å². The fraction of sp³-hybridized carbons (Fsp3) is 0.286. The highest BCUT2D eigenvalue weighted by Gasteiger charge is 2.68. The van der Waals surface area contributed by atoms with E-state index in [1.807, 2.05) is 36.4 Å². The number of hydrogen-bond acceptors (Lipinski definition) is 6. The van der Waals surface area contributed by atoms with Crippen LogP contribution in [0, 0.1) is 5.92 Å². The number of carbonyl (C=O) groups excluding carboxylic acids is 2. The number of nitrogens with zero attached hydrogens (tertiary/aromatic N) is 1. The summed E-state index contributed by atoms with van der Waals surface area (Å²) in [5.41, 5.74) is 0.828. The third-order valence-electron chi connectivity index (χ3n) is 5.26. The zero-order valence-electron chi connectivity index (χ0n) is 15.3. The van der Waals surface area contributed by atoms with Crippen LogP contribution in [0.2, 0.25) is 0 Å². The van der Waals surface area contributed by atoms with Gasteiger partial charge in [-0.25, -0.2) is 4.79 Å². The molecule has 2 aromatic rings. The van der Waals surface area contributed by atoms with E-state index in [2.05, 4.69) is 10.5 Å². The summed E-state index contributed by atoms with van der Waals surface area (Å²) in [6.07, 6.45) is 0.684. The molecule has 1 saturated carbocycles. The lowest BCUT2D eigenvalue weighted by Gasteiger charge is -2.27. The normalized spacial score (nSPS) is 24.3. The van der Waals surface area contributed by atoms with Crippen LogP contribution in [-0.4, -0.2) is 41.5 Å². The second-order valence-electron chi connectivity index (χ2n) is 6.97. The Balaban J connectivity index is 1.56. The first-order valence-corrected chi connectivity index (χ1v) is 9.02. The molecule has 1 fully saturated rings. The average Bonchev–Trinajstić information content (AvgIpc) is 3.47. The van der Waals surface area contributed by atoms with Gasteiger partial charge in [-0.2, -0.15) is 0 Å². The second kappa shape index (κ2) is 6.99. The first-order chi connectivity index (χ1) is 13.6. The smallest absolute Gasteiger partial charge is 0.328 e. The van der Waals surface area contributed by atoms with Gasteiger partial charge in [0.1, 0.15) is 11.8 Å². The molecule has 4 rings (SSSR count). The van der Waals surface area contributed by atoms with E-state index >= 15 is 0 Å². The van der Waals surface area contributed by atoms with E-state index in [0.29, 0.717) is 29.9 Å². The molecule has 2 aliphatic rings. The Bertz CT molecular complexity index is 943. The quantitative estimate of drug-likeness (QED) is 0.469. The number of nitrogens with one attached hydrogen (secondary N) is 1. The molecule has 1 aliphatic carbocycles. The standard InChI is InChI=1S/C21H20N2O5/c1-27-19(24)16(11-13-7-3-2-4-8-13)22-20(25)21-12-15(21)18(23-26)14-9-5-6-10-17(14)28-21/h2-10,15-16,26H,11-12H2,1H3,(H,22,25)/b23-18-/t15-,16+,21-/m1/s1. The summed E-state index contributed by atoms with van der Waals surface area (Å²) < 4.78 is 10.9. The number of benzene rings is 2. The number of esters is 1. The molecule has 28 heavy (non-hydrogen) atoms. The summed E-state index contributed by atoms with van der Waals surface area (Å²) in [6, 6.07) is 15.7. The molecule has 0 unspecified atom stereocenters. The van der Waals surface area contributed by atoms with Crippen LogP contribution < -0.4 is 10.1 Å². The SMILES string of the molecule is COC(=O)[C@H](Cc1ccccc1)NC(=O)[C@@]12C[C@@H]1/C(=N\O)c1ccccc1O2. The van der Waals surface area contributed by atoms with Crippen molar-refractivity contribution in [1.82, 2.24) is 5.32 Å². The number of fused-ring (bicyclic) bond motifs is 2. The predicted octanol–water partition coefficient (Wildman–Crippen LogP) is 1.92. The van der Waals surface area contributed by atoms with Crippen LogP contribution in [0.4, 0.5) is 0 Å². The molecule has 2 aromatic carbocycles. The average molecular weight is 380 g/mol. The highest BCUT2D eigenvalue weighted by Crippen LogP contribution is 2.54. The van der Waals surface area contributed by atoms with Gasteiger partial charge in [0, 0.05) is 18.4 Å². The van der Waals surface area contributed by atoms with Gasteiger partial charge in [-0.15, -0.1) is 0 Å². The third kappa shape index (κ3) is 2.98. The zero-order valence-corrected chi connectivity index (χ0v) is 15.3. The lowest BCUT2D eigenvalue weighted by atomic mass is 9.99. The molecular formula is C21H20N2O5. The molecule has 0 radical (unpaired) electrons. The minimum Gasteiger partial charge on any atom is -0.476 e. The van der Waals surface area contributed by atoms with Crippen molar-refractivity contribution in [3.05, 3.63) is 65.7 Å². The van der Waals surface area contributed by atoms with E-state index in [4.69, 9.17) is 9.47 Å². The molecule has 3 atom stereocenters. The molecule has 1 heterocycles. The number of para-hydroxylation sites is 1. The number of amides is 1. The molecule has 7 nitrogen and oxygen atoms in total. The van der Waals surface area contributed by atoms with Gasteiger partial charge in [0.2, 0.25) is 0 Å². The first kappa shape index (κ1) is 18.0. The first-order valence-electron chi connectivity index (χ1n) is 9.02. The van der Waals surface area contributed by atoms with E-state index in [1.54, 1.807) is 18.2 Å². The second-order valence-corrected chi connectivity index (χ2v) is 6.97. The molecule has 0 spiro atoms. The van der Waals surface area contributed by atoms with Crippen LogP contribution in [0.1, 0.15) is 17.5 Å². The lowest BCUT2D eigenvalue weighted by Crippen LogP contribution is -2.52. The van der Waals surface area contributed by atoms with E-state index in [0.717, 1.165) is 5.56 Å². The summed E-state index contributed by atoms with van der Waals surface area (Å²) in [5, 5.41) is 15.6. The molecule has 0 bridgehead atoms. The van der Waals surface area contributed by atoms with Crippen LogP contribution >= 0.6 is 0 Å². The molecule has 7 heteroatoms. The molecular weight excluding hydrogens is 360 g/mol. The van der Waals surface area contributed by atoms with Crippen molar-refractivity contribution in [2.75, 3.05) is 7.11 Å². The van der Waals surface area contributed by atoms with Crippen LogP contribution in [0.3, 0.4) is 0 Å². The van der Waals surface area contributed by atoms with Crippen molar-refractivity contribution in [2.24, 2.45) is 11.1 Å². The lowest BCUT2D eigenvalue weighted by molar-refractivity contribution is -0.146. The van der Waals surface area contributed by atoms with Crippen molar-refractivity contribution in [2.45, 2.75) is 24.5 Å². The van der Waals surface area contributed by atoms with Crippen molar-refractivity contribution < 1.29 is 24.3 Å². The maximum absolute atomic E-state index is 13.1. The summed E-state index contributed by atoms with van der Waals surface area (Å²) in [6.45, 7) is 0. The number of hydrogen-bond donors (Lipinski definition) is 2. The molecule has 2 N–H and O–H groups in total. The van der Waals surface area contributed by atoms with Gasteiger partial charge < -0.3 is 20.0 Å². The Hall–Kier alpha value is -3.35. The summed E-state index contributed by atoms with van der Waals surface area (Å²) in [4.78, 5) is 25.3. The summed E-state index contributed by atoms with van der Waals surface area (Å²) in [7, 11) is 1.29. The zero-order chi connectivity index (χ0) is 19.7. The number of carbonyl (C=O) groups is 2. The van der Waals surface area contributed by atoms with Crippen molar-refractivity contribution in [3.63, 3.8) is 0 Å². The molecule has 1 aliphatic heterocycles. The van der Waals surface area contributed by atoms with Crippen LogP contribution in [0.25, 0.3) is 0 Å². The Morgan fingerprint density at radius 2 is 1.96 bits per heavy atom. The Kier molecular flexibility index (Phi) is 4.50. The number of rotatable bonds is 5. The maximum atomic E-state index is 13.1. The van der Waals surface area contributed by atoms with Crippen LogP contribution in [0.5, 0.6) is 5.75 Å². The monoisotopic (exact) mass is 380 g/mol. The minimum atomic E-state index is -1.17. The highest BCUT2D eigenvalue weighted by atomic mass is 16.5. The number of ether oxygens (including phenoxy) is 2. The highest BCUT2D eigenvalue weighted by molar-refractivity contribution is 6.13. The largest absolute Gasteiger partial charge is 0.476 e. The molecule has 1 amide bonds. The van der Waals surface area contributed by atoms with Gasteiger partial charge in [-0.05, 0) is 17.7 Å². The van der Waals surface area contributed by atoms with Crippen molar-refractivity contribution in [3.8, 4) is 5.75 Å². The van der Waals surface area contributed by atoms with Crippen LogP contribution in [0.15, 0.2) is 59.8 Å². The molecule has 0 saturated heterocycles. The summed E-state index contributed by atoms with van der Waals surface area (Å²) >= 11 is 0. The minimum absolute atomic E-state index is 0.303. The van der Waals surface area contributed by atoms with Gasteiger partial charge in [0.15, 0.2) is 5.60 Å². The van der Waals surface area contributed by atoms with E-state index in [-0.39, 0.29) is 5.92 Å². The third-order valence-corrected chi connectivity index (χ3v) is 5.26. The fourth-order valence-electron chi connectivity index (χ4n) is 3.71. The number of methoxy groups -OCH3 is 1. The van der Waals surface area contributed by atoms with Gasteiger partial charge in [-0.3, -0.25) is 4.79 Å². The summed E-state index contributed by atoms with van der Waals surface area (Å²) in [5.74, 6) is -0.822.